The summed E-state index contributed by atoms with van der Waals surface area (Å²) in [6, 6.07) is 1.70. The van der Waals surface area contributed by atoms with Gasteiger partial charge in [0.15, 0.2) is 0 Å². The first-order valence-corrected chi connectivity index (χ1v) is 7.85. The molecule has 0 aliphatic carbocycles. The van der Waals surface area contributed by atoms with Crippen LogP contribution in [0.5, 0.6) is 0 Å². The van der Waals surface area contributed by atoms with Crippen molar-refractivity contribution in [1.29, 1.82) is 0 Å². The summed E-state index contributed by atoms with van der Waals surface area (Å²) < 4.78 is 0. The number of hydrogen-bond acceptors (Lipinski definition) is 3. The van der Waals surface area contributed by atoms with E-state index in [1.165, 1.54) is 58.2 Å². The van der Waals surface area contributed by atoms with Gasteiger partial charge in [0, 0.05) is 18.6 Å². The highest BCUT2D eigenvalue weighted by Gasteiger charge is 2.34. The zero-order valence-electron chi connectivity index (χ0n) is 12.3. The van der Waals surface area contributed by atoms with E-state index in [0.29, 0.717) is 0 Å². The average Bonchev–Trinajstić information content (AvgIpc) is 2.57. The van der Waals surface area contributed by atoms with Gasteiger partial charge in [0.2, 0.25) is 0 Å². The normalized spacial score (nSPS) is 31.5. The van der Waals surface area contributed by atoms with Crippen LogP contribution in [0.15, 0.2) is 0 Å². The molecule has 2 heterocycles. The van der Waals surface area contributed by atoms with Gasteiger partial charge in [-0.15, -0.1) is 0 Å². The standard InChI is InChI=1S/C15H31N3/c1-13(7-9-16)4-3-10-18-11-8-14-5-6-15(12-18)17(14)2/h13-15H,3-12,16H2,1-2H3. The second-order valence-electron chi connectivity index (χ2n) is 6.46. The fourth-order valence-electron chi connectivity index (χ4n) is 3.67. The molecule has 2 bridgehead atoms. The van der Waals surface area contributed by atoms with Crippen molar-refractivity contribution in [2.24, 2.45) is 11.7 Å². The van der Waals surface area contributed by atoms with E-state index in [4.69, 9.17) is 5.73 Å². The SMILES string of the molecule is CC(CCN)CCCN1CCC2CCC(C1)N2C. The summed E-state index contributed by atoms with van der Waals surface area (Å²) in [5.74, 6) is 0.807. The van der Waals surface area contributed by atoms with Crippen LogP contribution >= 0.6 is 0 Å². The van der Waals surface area contributed by atoms with E-state index in [2.05, 4.69) is 23.8 Å². The van der Waals surface area contributed by atoms with Gasteiger partial charge in [-0.2, -0.15) is 0 Å². The molecule has 2 fully saturated rings. The Bertz CT molecular complexity index is 244. The van der Waals surface area contributed by atoms with E-state index >= 15 is 0 Å². The van der Waals surface area contributed by atoms with Gasteiger partial charge in [-0.1, -0.05) is 6.92 Å². The Balaban J connectivity index is 1.68. The minimum absolute atomic E-state index is 0.807. The molecule has 2 rings (SSSR count). The summed E-state index contributed by atoms with van der Waals surface area (Å²) >= 11 is 0. The number of hydrogen-bond donors (Lipinski definition) is 1. The zero-order valence-corrected chi connectivity index (χ0v) is 12.3. The Morgan fingerprint density at radius 1 is 1.17 bits per heavy atom. The van der Waals surface area contributed by atoms with Gasteiger partial charge in [-0.25, -0.2) is 0 Å². The molecule has 18 heavy (non-hydrogen) atoms. The lowest BCUT2D eigenvalue weighted by molar-refractivity contribution is 0.214. The van der Waals surface area contributed by atoms with Gasteiger partial charge in [-0.05, 0) is 71.1 Å². The average molecular weight is 253 g/mol. The van der Waals surface area contributed by atoms with Crippen LogP contribution in [0.25, 0.3) is 0 Å². The highest BCUT2D eigenvalue weighted by Crippen LogP contribution is 2.28. The van der Waals surface area contributed by atoms with Gasteiger partial charge in [0.05, 0.1) is 0 Å². The van der Waals surface area contributed by atoms with Crippen molar-refractivity contribution >= 4 is 0 Å². The van der Waals surface area contributed by atoms with Crippen LogP contribution in [0.4, 0.5) is 0 Å². The number of nitrogens with two attached hydrogens (primary N) is 1. The fraction of sp³-hybridized carbons (Fsp3) is 1.00. The predicted molar refractivity (Wildman–Crippen MR) is 77.7 cm³/mol. The summed E-state index contributed by atoms with van der Waals surface area (Å²) in [6.45, 7) is 7.10. The lowest BCUT2D eigenvalue weighted by atomic mass is 10.0. The Morgan fingerprint density at radius 2 is 1.94 bits per heavy atom. The van der Waals surface area contributed by atoms with Crippen LogP contribution in [0, 0.1) is 5.92 Å². The lowest BCUT2D eigenvalue weighted by Crippen LogP contribution is -2.37. The quantitative estimate of drug-likeness (QED) is 0.785. The Kier molecular flexibility index (Phi) is 5.46. The van der Waals surface area contributed by atoms with Gasteiger partial charge < -0.3 is 10.6 Å². The molecule has 2 N–H and O–H groups in total. The zero-order chi connectivity index (χ0) is 13.0. The smallest absolute Gasteiger partial charge is 0.0223 e. The van der Waals surface area contributed by atoms with Crippen molar-refractivity contribution in [2.45, 2.75) is 57.5 Å². The Hall–Kier alpha value is -0.120. The summed E-state index contributed by atoms with van der Waals surface area (Å²) in [6.07, 6.45) is 8.11. The van der Waals surface area contributed by atoms with E-state index in [9.17, 15) is 0 Å². The third kappa shape index (κ3) is 3.69. The molecule has 0 aromatic carbocycles. The molecule has 0 amide bonds. The molecular weight excluding hydrogens is 222 g/mol. The molecule has 0 aromatic rings. The topological polar surface area (TPSA) is 32.5 Å². The fourth-order valence-corrected chi connectivity index (χ4v) is 3.67. The van der Waals surface area contributed by atoms with E-state index in [-0.39, 0.29) is 0 Å². The van der Waals surface area contributed by atoms with Gasteiger partial charge in [0.25, 0.3) is 0 Å². The second kappa shape index (κ2) is 6.88. The summed E-state index contributed by atoms with van der Waals surface area (Å²) in [5.41, 5.74) is 5.61. The largest absolute Gasteiger partial charge is 0.330 e. The first-order valence-electron chi connectivity index (χ1n) is 7.85. The number of rotatable bonds is 6. The Morgan fingerprint density at radius 3 is 2.72 bits per heavy atom. The van der Waals surface area contributed by atoms with Crippen LogP contribution in [-0.2, 0) is 0 Å². The van der Waals surface area contributed by atoms with Crippen molar-refractivity contribution in [3.8, 4) is 0 Å². The minimum Gasteiger partial charge on any atom is -0.330 e. The highest BCUT2D eigenvalue weighted by atomic mass is 15.3. The van der Waals surface area contributed by atoms with E-state index in [1.807, 2.05) is 0 Å². The summed E-state index contributed by atoms with van der Waals surface area (Å²) in [7, 11) is 2.33. The van der Waals surface area contributed by atoms with E-state index in [1.54, 1.807) is 0 Å². The van der Waals surface area contributed by atoms with Gasteiger partial charge in [0.1, 0.15) is 0 Å². The number of likely N-dealkylation sites (N-methyl/N-ethyl adjacent to an activating group) is 1. The lowest BCUT2D eigenvalue weighted by Gasteiger charge is -2.26. The molecule has 3 nitrogen and oxygen atoms in total. The molecule has 0 radical (unpaired) electrons. The molecule has 3 heteroatoms. The first kappa shape index (κ1) is 14.3. The van der Waals surface area contributed by atoms with Crippen LogP contribution in [0.2, 0.25) is 0 Å². The predicted octanol–water partition coefficient (Wildman–Crippen LogP) is 1.92. The summed E-state index contributed by atoms with van der Waals surface area (Å²) in [4.78, 5) is 5.34. The third-order valence-corrected chi connectivity index (χ3v) is 5.06. The van der Waals surface area contributed by atoms with Gasteiger partial charge in [-0.3, -0.25) is 4.90 Å². The van der Waals surface area contributed by atoms with E-state index in [0.717, 1.165) is 24.5 Å². The molecule has 2 aliphatic heterocycles. The van der Waals surface area contributed by atoms with Crippen molar-refractivity contribution in [2.75, 3.05) is 33.2 Å². The van der Waals surface area contributed by atoms with Crippen LogP contribution in [0.1, 0.15) is 45.4 Å². The minimum atomic E-state index is 0.807. The van der Waals surface area contributed by atoms with Crippen LogP contribution in [0.3, 0.4) is 0 Å². The molecule has 3 unspecified atom stereocenters. The highest BCUT2D eigenvalue weighted by molar-refractivity contribution is 4.90. The van der Waals surface area contributed by atoms with Crippen LogP contribution in [-0.4, -0.2) is 55.1 Å². The van der Waals surface area contributed by atoms with E-state index < -0.39 is 0 Å². The molecule has 0 saturated carbocycles. The maximum Gasteiger partial charge on any atom is 0.0223 e. The monoisotopic (exact) mass is 253 g/mol. The Labute approximate surface area is 113 Å². The van der Waals surface area contributed by atoms with Crippen molar-refractivity contribution in [1.82, 2.24) is 9.80 Å². The molecule has 3 atom stereocenters. The number of fused-ring (bicyclic) bond motifs is 2. The van der Waals surface area contributed by atoms with Crippen molar-refractivity contribution in [3.63, 3.8) is 0 Å². The first-order chi connectivity index (χ1) is 8.70. The second-order valence-corrected chi connectivity index (χ2v) is 6.46. The molecule has 0 spiro atoms. The molecular formula is C15H31N3. The molecule has 0 aromatic heterocycles. The third-order valence-electron chi connectivity index (χ3n) is 5.06. The molecule has 2 aliphatic rings. The molecule has 2 saturated heterocycles. The molecule has 106 valence electrons. The maximum absolute atomic E-state index is 5.61. The summed E-state index contributed by atoms with van der Waals surface area (Å²) in [5, 5.41) is 0. The van der Waals surface area contributed by atoms with Crippen molar-refractivity contribution in [3.05, 3.63) is 0 Å². The van der Waals surface area contributed by atoms with Crippen LogP contribution < -0.4 is 5.73 Å². The number of likely N-dealkylation sites (tertiary alicyclic amines) is 1. The van der Waals surface area contributed by atoms with Gasteiger partial charge >= 0.3 is 0 Å². The van der Waals surface area contributed by atoms with Crippen molar-refractivity contribution < 1.29 is 0 Å². The number of nitrogens with zero attached hydrogens (tertiary/aromatic N) is 2. The maximum atomic E-state index is 5.61.